The van der Waals surface area contributed by atoms with Crippen LogP contribution in [0.15, 0.2) is 83.9 Å². The summed E-state index contributed by atoms with van der Waals surface area (Å²) in [6.45, 7) is 0. The monoisotopic (exact) mass is 405 g/mol. The number of aromatic nitrogens is 2. The minimum Gasteiger partial charge on any atom is -0.325 e. The zero-order valence-corrected chi connectivity index (χ0v) is 16.4. The minimum absolute atomic E-state index is 0.110. The van der Waals surface area contributed by atoms with Gasteiger partial charge in [-0.15, -0.1) is 0 Å². The molecule has 1 N–H and O–H groups in total. The van der Waals surface area contributed by atoms with Crippen LogP contribution in [0.2, 0.25) is 5.02 Å². The van der Waals surface area contributed by atoms with Crippen molar-refractivity contribution < 1.29 is 4.79 Å². The predicted octanol–water partition coefficient (Wildman–Crippen LogP) is 5.68. The molecule has 1 amide bonds. The maximum absolute atomic E-state index is 12.4. The van der Waals surface area contributed by atoms with E-state index in [-0.39, 0.29) is 11.7 Å². The van der Waals surface area contributed by atoms with Crippen molar-refractivity contribution in [2.75, 3.05) is 11.1 Å². The molecule has 0 radical (unpaired) electrons. The van der Waals surface area contributed by atoms with Crippen molar-refractivity contribution in [3.63, 3.8) is 0 Å². The van der Waals surface area contributed by atoms with Crippen molar-refractivity contribution in [1.29, 1.82) is 0 Å². The van der Waals surface area contributed by atoms with Crippen LogP contribution in [-0.2, 0) is 4.79 Å². The second kappa shape index (κ2) is 8.42. The number of carbonyl (C=O) groups excluding carboxylic acids is 1. The van der Waals surface area contributed by atoms with E-state index in [0.29, 0.717) is 10.7 Å². The Morgan fingerprint density at radius 3 is 2.21 bits per heavy atom. The standard InChI is InChI=1S/C22H16ClN3OS/c23-16-10-12-17(13-11-16)24-20(27)14-28-22-21(15-6-2-1-3-7-15)25-18-8-4-5-9-19(18)26-22/h1-13H,14H2,(H,24,27). The second-order valence-electron chi connectivity index (χ2n) is 6.08. The molecule has 0 fully saturated rings. The van der Waals surface area contributed by atoms with Gasteiger partial charge in [-0.3, -0.25) is 4.79 Å². The van der Waals surface area contributed by atoms with Crippen LogP contribution >= 0.6 is 23.4 Å². The molecule has 0 aliphatic rings. The molecule has 0 saturated carbocycles. The molecule has 3 aromatic carbocycles. The van der Waals surface area contributed by atoms with Gasteiger partial charge in [0.25, 0.3) is 0 Å². The summed E-state index contributed by atoms with van der Waals surface area (Å²) in [5.74, 6) is 0.122. The average Bonchev–Trinajstić information content (AvgIpc) is 2.74. The molecule has 4 nitrogen and oxygen atoms in total. The van der Waals surface area contributed by atoms with Crippen molar-refractivity contribution in [2.45, 2.75) is 5.03 Å². The molecule has 0 aliphatic heterocycles. The number of halogens is 1. The molecule has 0 atom stereocenters. The van der Waals surface area contributed by atoms with Crippen molar-refractivity contribution in [1.82, 2.24) is 9.97 Å². The number of hydrogen-bond donors (Lipinski definition) is 1. The van der Waals surface area contributed by atoms with Gasteiger partial charge in [0, 0.05) is 16.3 Å². The number of thioether (sulfide) groups is 1. The second-order valence-corrected chi connectivity index (χ2v) is 7.48. The first-order valence-corrected chi connectivity index (χ1v) is 10.1. The van der Waals surface area contributed by atoms with Gasteiger partial charge in [-0.1, -0.05) is 65.8 Å². The smallest absolute Gasteiger partial charge is 0.234 e. The fourth-order valence-electron chi connectivity index (χ4n) is 2.73. The van der Waals surface area contributed by atoms with Crippen LogP contribution in [0.4, 0.5) is 5.69 Å². The van der Waals surface area contributed by atoms with E-state index in [0.717, 1.165) is 27.3 Å². The van der Waals surface area contributed by atoms with Crippen molar-refractivity contribution in [2.24, 2.45) is 0 Å². The Balaban J connectivity index is 1.58. The quantitative estimate of drug-likeness (QED) is 0.434. The fourth-order valence-corrected chi connectivity index (χ4v) is 3.66. The SMILES string of the molecule is O=C(CSc1nc2ccccc2nc1-c1ccccc1)Nc1ccc(Cl)cc1. The lowest BCUT2D eigenvalue weighted by atomic mass is 10.1. The number of nitrogens with one attached hydrogen (secondary N) is 1. The summed E-state index contributed by atoms with van der Waals surface area (Å²) in [4.78, 5) is 21.9. The summed E-state index contributed by atoms with van der Waals surface area (Å²) < 4.78 is 0. The highest BCUT2D eigenvalue weighted by Gasteiger charge is 2.13. The molecular weight excluding hydrogens is 390 g/mol. The molecule has 0 aliphatic carbocycles. The molecule has 138 valence electrons. The van der Waals surface area contributed by atoms with Gasteiger partial charge in [-0.2, -0.15) is 0 Å². The van der Waals surface area contributed by atoms with E-state index in [9.17, 15) is 4.79 Å². The summed E-state index contributed by atoms with van der Waals surface area (Å²) in [6, 6.07) is 24.7. The maximum Gasteiger partial charge on any atom is 0.234 e. The van der Waals surface area contributed by atoms with Crippen molar-refractivity contribution in [3.8, 4) is 11.3 Å². The van der Waals surface area contributed by atoms with Crippen molar-refractivity contribution >= 4 is 46.0 Å². The Morgan fingerprint density at radius 1 is 0.857 bits per heavy atom. The highest BCUT2D eigenvalue weighted by Crippen LogP contribution is 2.30. The molecule has 0 bridgehead atoms. The maximum atomic E-state index is 12.4. The Kier molecular flexibility index (Phi) is 5.55. The minimum atomic E-state index is -0.110. The first-order valence-electron chi connectivity index (χ1n) is 8.69. The van der Waals surface area contributed by atoms with Crippen LogP contribution < -0.4 is 5.32 Å². The third-order valence-corrected chi connectivity index (χ3v) is 5.27. The molecule has 0 unspecified atom stereocenters. The lowest BCUT2D eigenvalue weighted by Crippen LogP contribution is -2.14. The summed E-state index contributed by atoms with van der Waals surface area (Å²) >= 11 is 7.26. The summed E-state index contributed by atoms with van der Waals surface area (Å²) in [5, 5.41) is 4.23. The van der Waals surface area contributed by atoms with E-state index in [1.54, 1.807) is 24.3 Å². The van der Waals surface area contributed by atoms with Gasteiger partial charge in [-0.25, -0.2) is 9.97 Å². The lowest BCUT2D eigenvalue weighted by Gasteiger charge is -2.10. The number of para-hydroxylation sites is 2. The van der Waals surface area contributed by atoms with Crippen LogP contribution in [0, 0.1) is 0 Å². The van der Waals surface area contributed by atoms with Gasteiger partial charge in [0.05, 0.1) is 16.8 Å². The number of hydrogen-bond acceptors (Lipinski definition) is 4. The normalized spacial score (nSPS) is 10.8. The molecule has 0 saturated heterocycles. The number of carbonyl (C=O) groups is 1. The summed E-state index contributed by atoms with van der Waals surface area (Å²) in [6.07, 6.45) is 0. The van der Waals surface area contributed by atoms with Gasteiger partial charge in [0.15, 0.2) is 0 Å². The number of nitrogens with zero attached hydrogens (tertiary/aromatic N) is 2. The van der Waals surface area contributed by atoms with Crippen LogP contribution in [0.1, 0.15) is 0 Å². The van der Waals surface area contributed by atoms with E-state index in [1.165, 1.54) is 11.8 Å². The molecule has 28 heavy (non-hydrogen) atoms. The first-order chi connectivity index (χ1) is 13.7. The van der Waals surface area contributed by atoms with E-state index >= 15 is 0 Å². The highest BCUT2D eigenvalue weighted by atomic mass is 35.5. The Labute approximate surface area is 172 Å². The van der Waals surface area contributed by atoms with Crippen LogP contribution in [-0.4, -0.2) is 21.6 Å². The van der Waals surface area contributed by atoms with Crippen molar-refractivity contribution in [3.05, 3.63) is 83.9 Å². The molecular formula is C22H16ClN3OS. The zero-order chi connectivity index (χ0) is 19.3. The van der Waals surface area contributed by atoms with Gasteiger partial charge >= 0.3 is 0 Å². The summed E-state index contributed by atoms with van der Waals surface area (Å²) in [5.41, 5.74) is 4.10. The molecule has 4 rings (SSSR count). The number of anilines is 1. The Hall–Kier alpha value is -2.89. The molecule has 0 spiro atoms. The number of benzene rings is 3. The number of fused-ring (bicyclic) bond motifs is 1. The van der Waals surface area contributed by atoms with Crippen LogP contribution in [0.3, 0.4) is 0 Å². The number of amides is 1. The molecule has 1 aromatic heterocycles. The predicted molar refractivity (Wildman–Crippen MR) is 116 cm³/mol. The van der Waals surface area contributed by atoms with Gasteiger partial charge < -0.3 is 5.32 Å². The van der Waals surface area contributed by atoms with E-state index in [4.69, 9.17) is 21.6 Å². The highest BCUT2D eigenvalue weighted by molar-refractivity contribution is 8.00. The molecule has 1 heterocycles. The zero-order valence-electron chi connectivity index (χ0n) is 14.8. The fraction of sp³-hybridized carbons (Fsp3) is 0.0455. The molecule has 4 aromatic rings. The lowest BCUT2D eigenvalue weighted by molar-refractivity contribution is -0.113. The Bertz CT molecular complexity index is 1120. The first kappa shape index (κ1) is 18.5. The average molecular weight is 406 g/mol. The Morgan fingerprint density at radius 2 is 1.50 bits per heavy atom. The van der Waals surface area contributed by atoms with Gasteiger partial charge in [0.2, 0.25) is 5.91 Å². The third-order valence-electron chi connectivity index (χ3n) is 4.05. The summed E-state index contributed by atoms with van der Waals surface area (Å²) in [7, 11) is 0. The van der Waals surface area contributed by atoms with Gasteiger partial charge in [0.1, 0.15) is 10.7 Å². The van der Waals surface area contributed by atoms with Crippen LogP contribution in [0.5, 0.6) is 0 Å². The third kappa shape index (κ3) is 4.32. The van der Waals surface area contributed by atoms with E-state index < -0.39 is 0 Å². The van der Waals surface area contributed by atoms with Gasteiger partial charge in [-0.05, 0) is 36.4 Å². The van der Waals surface area contributed by atoms with E-state index in [1.807, 2.05) is 54.6 Å². The largest absolute Gasteiger partial charge is 0.325 e. The van der Waals surface area contributed by atoms with Crippen LogP contribution in [0.25, 0.3) is 22.3 Å². The topological polar surface area (TPSA) is 54.9 Å². The van der Waals surface area contributed by atoms with E-state index in [2.05, 4.69) is 5.32 Å². The molecule has 6 heteroatoms. The number of rotatable bonds is 5.